The Kier molecular flexibility index (Phi) is 8.23. The Bertz CT molecular complexity index is 1340. The molecule has 0 saturated heterocycles. The lowest BCUT2D eigenvalue weighted by molar-refractivity contribution is 0.109. The standard InChI is InChI=1S/C26H34N4O5S2/c1-15(2)34-26(31)29-19-8-6-18(7-9-19)25-27-14-22(36-25)21-11-10-20(28-24-12-17(5)35-30-24)13-23(21)37(32,33)16(3)4/h10-16,18-19H,6-9H2,1-5H3,(H,28,30)(H,29,31). The van der Waals surface area contributed by atoms with Crippen molar-refractivity contribution in [2.24, 2.45) is 0 Å². The Morgan fingerprint density at radius 1 is 1.14 bits per heavy atom. The third kappa shape index (κ3) is 6.51. The largest absolute Gasteiger partial charge is 0.447 e. The van der Waals surface area contributed by atoms with E-state index in [9.17, 15) is 13.2 Å². The van der Waals surface area contributed by atoms with Crippen molar-refractivity contribution in [3.05, 3.63) is 41.2 Å². The molecule has 1 aliphatic carbocycles. The number of amides is 1. The number of alkyl carbamates (subject to hydrolysis) is 1. The number of carbonyl (C=O) groups excluding carboxylic acids is 1. The minimum atomic E-state index is -3.57. The molecule has 1 saturated carbocycles. The first-order valence-electron chi connectivity index (χ1n) is 12.5. The Morgan fingerprint density at radius 3 is 2.49 bits per heavy atom. The van der Waals surface area contributed by atoms with Gasteiger partial charge in [0, 0.05) is 35.5 Å². The van der Waals surface area contributed by atoms with Gasteiger partial charge in [-0.1, -0.05) is 11.2 Å². The topological polar surface area (TPSA) is 123 Å². The van der Waals surface area contributed by atoms with Crippen molar-refractivity contribution >= 4 is 38.8 Å². The third-order valence-corrected chi connectivity index (χ3v) is 9.72. The van der Waals surface area contributed by atoms with Crippen LogP contribution < -0.4 is 10.6 Å². The van der Waals surface area contributed by atoms with Gasteiger partial charge in [-0.05, 0) is 72.4 Å². The molecule has 0 atom stereocenters. The van der Waals surface area contributed by atoms with Crippen LogP contribution in [0.5, 0.6) is 0 Å². The van der Waals surface area contributed by atoms with Gasteiger partial charge in [-0.3, -0.25) is 0 Å². The van der Waals surface area contributed by atoms with E-state index in [-0.39, 0.29) is 29.1 Å². The number of ether oxygens (including phenoxy) is 1. The fourth-order valence-corrected chi connectivity index (χ4v) is 6.84. The zero-order valence-corrected chi connectivity index (χ0v) is 23.4. The van der Waals surface area contributed by atoms with Crippen LogP contribution in [0.15, 0.2) is 39.9 Å². The van der Waals surface area contributed by atoms with Crippen molar-refractivity contribution in [1.29, 1.82) is 0 Å². The summed E-state index contributed by atoms with van der Waals surface area (Å²) in [6.45, 7) is 8.82. The lowest BCUT2D eigenvalue weighted by atomic mass is 9.86. The van der Waals surface area contributed by atoms with Gasteiger partial charge in [0.15, 0.2) is 15.7 Å². The van der Waals surface area contributed by atoms with Crippen LogP contribution >= 0.6 is 11.3 Å². The Hall–Kier alpha value is -2.92. The summed E-state index contributed by atoms with van der Waals surface area (Å²) in [4.78, 5) is 17.7. The average molecular weight is 547 g/mol. The fourth-order valence-electron chi connectivity index (χ4n) is 4.37. The molecule has 3 aromatic rings. The predicted octanol–water partition coefficient (Wildman–Crippen LogP) is 6.19. The number of aromatic nitrogens is 2. The minimum Gasteiger partial charge on any atom is -0.447 e. The lowest BCUT2D eigenvalue weighted by Crippen LogP contribution is -2.38. The number of hydrogen-bond donors (Lipinski definition) is 2. The molecule has 0 bridgehead atoms. The van der Waals surface area contributed by atoms with E-state index in [1.54, 1.807) is 39.1 Å². The molecule has 0 spiro atoms. The van der Waals surface area contributed by atoms with E-state index in [0.29, 0.717) is 22.8 Å². The zero-order chi connectivity index (χ0) is 26.7. The Morgan fingerprint density at radius 2 is 1.86 bits per heavy atom. The van der Waals surface area contributed by atoms with Crippen molar-refractivity contribution in [1.82, 2.24) is 15.5 Å². The van der Waals surface area contributed by atoms with Crippen molar-refractivity contribution in [3.63, 3.8) is 0 Å². The summed E-state index contributed by atoms with van der Waals surface area (Å²) in [6, 6.07) is 7.16. The van der Waals surface area contributed by atoms with Crippen LogP contribution in [0.4, 0.5) is 16.3 Å². The van der Waals surface area contributed by atoms with Gasteiger partial charge in [-0.15, -0.1) is 11.3 Å². The van der Waals surface area contributed by atoms with Crippen LogP contribution in [0.1, 0.15) is 70.1 Å². The maximum atomic E-state index is 13.3. The van der Waals surface area contributed by atoms with Gasteiger partial charge < -0.3 is 19.9 Å². The highest BCUT2D eigenvalue weighted by Gasteiger charge is 2.28. The summed E-state index contributed by atoms with van der Waals surface area (Å²) in [5.74, 6) is 1.45. The summed E-state index contributed by atoms with van der Waals surface area (Å²) >= 11 is 1.54. The molecule has 37 heavy (non-hydrogen) atoms. The maximum Gasteiger partial charge on any atom is 0.407 e. The monoisotopic (exact) mass is 546 g/mol. The summed E-state index contributed by atoms with van der Waals surface area (Å²) < 4.78 is 36.9. The number of nitrogens with zero attached hydrogens (tertiary/aromatic N) is 2. The number of aryl methyl sites for hydroxylation is 1. The van der Waals surface area contributed by atoms with E-state index >= 15 is 0 Å². The van der Waals surface area contributed by atoms with Crippen molar-refractivity contribution in [2.75, 3.05) is 5.32 Å². The summed E-state index contributed by atoms with van der Waals surface area (Å²) in [5, 5.41) is 10.4. The molecule has 2 N–H and O–H groups in total. The van der Waals surface area contributed by atoms with Crippen LogP contribution in [0.25, 0.3) is 10.4 Å². The number of benzene rings is 1. The highest BCUT2D eigenvalue weighted by molar-refractivity contribution is 7.92. The second-order valence-corrected chi connectivity index (χ2v) is 13.5. The van der Waals surface area contributed by atoms with Crippen molar-refractivity contribution in [3.8, 4) is 10.4 Å². The predicted molar refractivity (Wildman–Crippen MR) is 144 cm³/mol. The molecule has 0 unspecified atom stereocenters. The van der Waals surface area contributed by atoms with Crippen molar-refractivity contribution < 1.29 is 22.5 Å². The van der Waals surface area contributed by atoms with Crippen LogP contribution in [0.3, 0.4) is 0 Å². The molecule has 9 nitrogen and oxygen atoms in total. The quantitative estimate of drug-likeness (QED) is 0.343. The van der Waals surface area contributed by atoms with Gasteiger partial charge in [0.2, 0.25) is 0 Å². The molecule has 0 aliphatic heterocycles. The Balaban J connectivity index is 1.53. The number of rotatable bonds is 8. The number of thiazole rings is 1. The maximum absolute atomic E-state index is 13.3. The normalized spacial score (nSPS) is 18.2. The molecule has 2 aromatic heterocycles. The van der Waals surface area contributed by atoms with E-state index in [1.165, 1.54) is 11.3 Å². The molecule has 200 valence electrons. The molecule has 11 heteroatoms. The number of nitrogens with one attached hydrogen (secondary N) is 2. The molecule has 4 rings (SSSR count). The van der Waals surface area contributed by atoms with E-state index in [2.05, 4.69) is 20.8 Å². The number of sulfone groups is 1. The molecule has 2 heterocycles. The van der Waals surface area contributed by atoms with Gasteiger partial charge >= 0.3 is 6.09 Å². The molecule has 0 radical (unpaired) electrons. The molecule has 1 aromatic carbocycles. The molecule has 1 amide bonds. The van der Waals surface area contributed by atoms with Gasteiger partial charge in [0.1, 0.15) is 5.76 Å². The fraction of sp³-hybridized carbons (Fsp3) is 0.500. The SMILES string of the molecule is Cc1cc(Nc2ccc(-c3cnc(C4CCC(NC(=O)OC(C)C)CC4)s3)c(S(=O)(=O)C(C)C)c2)no1. The first-order valence-corrected chi connectivity index (χ1v) is 14.9. The van der Waals surface area contributed by atoms with Gasteiger partial charge in [0.25, 0.3) is 0 Å². The molecular weight excluding hydrogens is 512 g/mol. The second kappa shape index (κ2) is 11.2. The Labute approximate surface area is 221 Å². The summed E-state index contributed by atoms with van der Waals surface area (Å²) in [6.07, 6.45) is 4.75. The van der Waals surface area contributed by atoms with Crippen LogP contribution in [-0.4, -0.2) is 42.0 Å². The van der Waals surface area contributed by atoms with E-state index < -0.39 is 15.1 Å². The zero-order valence-electron chi connectivity index (χ0n) is 21.8. The summed E-state index contributed by atoms with van der Waals surface area (Å²) in [7, 11) is -3.57. The third-order valence-electron chi connectivity index (χ3n) is 6.34. The number of anilines is 2. The smallest absolute Gasteiger partial charge is 0.407 e. The first kappa shape index (κ1) is 27.1. The van der Waals surface area contributed by atoms with Crippen LogP contribution in [-0.2, 0) is 14.6 Å². The van der Waals surface area contributed by atoms with E-state index in [1.807, 2.05) is 26.0 Å². The highest BCUT2D eigenvalue weighted by atomic mass is 32.2. The van der Waals surface area contributed by atoms with Gasteiger partial charge in [-0.2, -0.15) is 0 Å². The lowest BCUT2D eigenvalue weighted by Gasteiger charge is -2.28. The van der Waals surface area contributed by atoms with Crippen molar-refractivity contribution in [2.45, 2.75) is 88.5 Å². The number of carbonyl (C=O) groups is 1. The minimum absolute atomic E-state index is 0.0956. The van der Waals surface area contributed by atoms with E-state index in [4.69, 9.17) is 9.26 Å². The molecule has 1 aliphatic rings. The van der Waals surface area contributed by atoms with E-state index in [0.717, 1.165) is 35.6 Å². The van der Waals surface area contributed by atoms with Gasteiger partial charge in [0.05, 0.1) is 26.1 Å². The van der Waals surface area contributed by atoms with Crippen LogP contribution in [0, 0.1) is 6.92 Å². The second-order valence-electron chi connectivity index (χ2n) is 9.96. The number of hydrogen-bond acceptors (Lipinski definition) is 9. The first-order chi connectivity index (χ1) is 17.5. The highest BCUT2D eigenvalue weighted by Crippen LogP contribution is 2.40. The molecular formula is C26H34N4O5S2. The molecule has 1 fully saturated rings. The summed E-state index contributed by atoms with van der Waals surface area (Å²) in [5.41, 5.74) is 1.26. The van der Waals surface area contributed by atoms with Gasteiger partial charge in [-0.25, -0.2) is 18.2 Å². The average Bonchev–Trinajstić information content (AvgIpc) is 3.48. The van der Waals surface area contributed by atoms with Crippen LogP contribution in [0.2, 0.25) is 0 Å².